The van der Waals surface area contributed by atoms with Gasteiger partial charge in [0.1, 0.15) is 11.6 Å². The number of nitrogens with zero attached hydrogens (tertiary/aromatic N) is 3. The third-order valence-electron chi connectivity index (χ3n) is 3.25. The van der Waals surface area contributed by atoms with Crippen molar-refractivity contribution in [1.29, 1.82) is 0 Å². The van der Waals surface area contributed by atoms with E-state index in [-0.39, 0.29) is 24.1 Å². The second-order valence-electron chi connectivity index (χ2n) is 5.67. The highest BCUT2D eigenvalue weighted by atomic mass is 19.4. The molecular weight excluding hydrogens is 338 g/mol. The molecule has 2 aromatic rings. The van der Waals surface area contributed by atoms with E-state index in [1.165, 1.54) is 12.1 Å². The molecular formula is C16H19F4N5. The minimum absolute atomic E-state index is 0.0407. The van der Waals surface area contributed by atoms with Gasteiger partial charge in [0, 0.05) is 25.7 Å². The third kappa shape index (κ3) is 6.18. The Kier molecular flexibility index (Phi) is 6.13. The maximum absolute atomic E-state index is 13.0. The molecule has 1 aromatic heterocycles. The Morgan fingerprint density at radius 1 is 1.04 bits per heavy atom. The van der Waals surface area contributed by atoms with E-state index in [0.717, 1.165) is 11.6 Å². The highest BCUT2D eigenvalue weighted by Crippen LogP contribution is 2.29. The SMILES string of the molecule is CN(C)CCNc1nc(NCc2ccc(F)cc2)cc(C(F)(F)F)n1. The minimum atomic E-state index is -4.58. The van der Waals surface area contributed by atoms with E-state index in [1.807, 2.05) is 19.0 Å². The zero-order valence-corrected chi connectivity index (χ0v) is 13.9. The van der Waals surface area contributed by atoms with Gasteiger partial charge in [-0.3, -0.25) is 0 Å². The van der Waals surface area contributed by atoms with Crippen LogP contribution in [-0.4, -0.2) is 42.1 Å². The highest BCUT2D eigenvalue weighted by molar-refractivity contribution is 5.43. The van der Waals surface area contributed by atoms with Crippen molar-refractivity contribution in [1.82, 2.24) is 14.9 Å². The Morgan fingerprint density at radius 3 is 2.32 bits per heavy atom. The molecule has 5 nitrogen and oxygen atoms in total. The standard InChI is InChI=1S/C16H19F4N5/c1-25(2)8-7-21-15-23-13(16(18,19)20)9-14(24-15)22-10-11-3-5-12(17)6-4-11/h3-6,9H,7-8,10H2,1-2H3,(H2,21,22,23,24). The fourth-order valence-corrected chi connectivity index (χ4v) is 1.95. The Labute approximate surface area is 143 Å². The van der Waals surface area contributed by atoms with Crippen LogP contribution in [0, 0.1) is 5.82 Å². The van der Waals surface area contributed by atoms with Gasteiger partial charge in [-0.25, -0.2) is 9.37 Å². The Balaban J connectivity index is 2.13. The van der Waals surface area contributed by atoms with Crippen LogP contribution in [0.3, 0.4) is 0 Å². The summed E-state index contributed by atoms with van der Waals surface area (Å²) in [6, 6.07) is 6.51. The van der Waals surface area contributed by atoms with Gasteiger partial charge in [0.25, 0.3) is 0 Å². The Morgan fingerprint density at radius 2 is 1.72 bits per heavy atom. The Hall–Kier alpha value is -2.42. The lowest BCUT2D eigenvalue weighted by molar-refractivity contribution is -0.141. The molecule has 1 heterocycles. The van der Waals surface area contributed by atoms with Gasteiger partial charge in [-0.1, -0.05) is 12.1 Å². The van der Waals surface area contributed by atoms with E-state index in [2.05, 4.69) is 20.6 Å². The summed E-state index contributed by atoms with van der Waals surface area (Å²) in [5.74, 6) is -0.435. The topological polar surface area (TPSA) is 53.1 Å². The molecule has 0 aliphatic rings. The molecule has 0 saturated heterocycles. The van der Waals surface area contributed by atoms with Crippen LogP contribution < -0.4 is 10.6 Å². The maximum Gasteiger partial charge on any atom is 0.433 e. The molecule has 0 amide bonds. The predicted octanol–water partition coefficient (Wildman–Crippen LogP) is 3.22. The van der Waals surface area contributed by atoms with Crippen molar-refractivity contribution in [3.63, 3.8) is 0 Å². The molecule has 0 fully saturated rings. The van der Waals surface area contributed by atoms with Crippen molar-refractivity contribution < 1.29 is 17.6 Å². The number of alkyl halides is 3. The lowest BCUT2D eigenvalue weighted by Crippen LogP contribution is -2.22. The lowest BCUT2D eigenvalue weighted by Gasteiger charge is -2.14. The molecule has 0 unspecified atom stereocenters. The van der Waals surface area contributed by atoms with Gasteiger partial charge in [-0.2, -0.15) is 18.2 Å². The summed E-state index contributed by atoms with van der Waals surface area (Å²) >= 11 is 0. The molecule has 0 aliphatic heterocycles. The van der Waals surface area contributed by atoms with Crippen molar-refractivity contribution >= 4 is 11.8 Å². The number of rotatable bonds is 7. The molecule has 2 N–H and O–H groups in total. The monoisotopic (exact) mass is 357 g/mol. The van der Waals surface area contributed by atoms with Crippen molar-refractivity contribution in [3.05, 3.63) is 47.4 Å². The van der Waals surface area contributed by atoms with E-state index in [9.17, 15) is 17.6 Å². The quantitative estimate of drug-likeness (QED) is 0.746. The number of benzene rings is 1. The van der Waals surface area contributed by atoms with Gasteiger partial charge in [-0.05, 0) is 31.8 Å². The first-order valence-electron chi connectivity index (χ1n) is 7.57. The fraction of sp³-hybridized carbons (Fsp3) is 0.375. The first kappa shape index (κ1) is 18.9. The number of hydrogen-bond donors (Lipinski definition) is 2. The molecule has 0 spiro atoms. The first-order chi connectivity index (χ1) is 11.7. The molecule has 0 bridgehead atoms. The summed E-state index contributed by atoms with van der Waals surface area (Å²) < 4.78 is 51.9. The summed E-state index contributed by atoms with van der Waals surface area (Å²) in [5.41, 5.74) is -0.313. The van der Waals surface area contributed by atoms with Crippen LogP contribution in [0.1, 0.15) is 11.3 Å². The first-order valence-corrected chi connectivity index (χ1v) is 7.57. The average Bonchev–Trinajstić information content (AvgIpc) is 2.53. The molecule has 1 aromatic carbocycles. The van der Waals surface area contributed by atoms with Crippen LogP contribution in [0.25, 0.3) is 0 Å². The van der Waals surface area contributed by atoms with Gasteiger partial charge in [0.05, 0.1) is 0 Å². The van der Waals surface area contributed by atoms with Crippen molar-refractivity contribution in [2.24, 2.45) is 0 Å². The van der Waals surface area contributed by atoms with Crippen LogP contribution >= 0.6 is 0 Å². The number of hydrogen-bond acceptors (Lipinski definition) is 5. The summed E-state index contributed by atoms with van der Waals surface area (Å²) in [6.07, 6.45) is -4.58. The van der Waals surface area contributed by atoms with E-state index in [1.54, 1.807) is 12.1 Å². The van der Waals surface area contributed by atoms with Crippen LogP contribution in [0.2, 0.25) is 0 Å². The van der Waals surface area contributed by atoms with Crippen LogP contribution in [0.5, 0.6) is 0 Å². The highest BCUT2D eigenvalue weighted by Gasteiger charge is 2.33. The van der Waals surface area contributed by atoms with Crippen molar-refractivity contribution in [3.8, 4) is 0 Å². The summed E-state index contributed by atoms with van der Waals surface area (Å²) in [6.45, 7) is 1.25. The molecule has 0 saturated carbocycles. The van der Waals surface area contributed by atoms with E-state index >= 15 is 0 Å². The van der Waals surface area contributed by atoms with E-state index in [4.69, 9.17) is 0 Å². The zero-order valence-electron chi connectivity index (χ0n) is 13.9. The molecule has 2 rings (SSSR count). The van der Waals surface area contributed by atoms with Crippen molar-refractivity contribution in [2.45, 2.75) is 12.7 Å². The van der Waals surface area contributed by atoms with E-state index in [0.29, 0.717) is 13.1 Å². The molecule has 25 heavy (non-hydrogen) atoms. The summed E-state index contributed by atoms with van der Waals surface area (Å²) in [5, 5.41) is 5.59. The van der Waals surface area contributed by atoms with Gasteiger partial charge in [-0.15, -0.1) is 0 Å². The smallest absolute Gasteiger partial charge is 0.366 e. The van der Waals surface area contributed by atoms with Gasteiger partial charge in [0.2, 0.25) is 5.95 Å². The van der Waals surface area contributed by atoms with Gasteiger partial charge >= 0.3 is 6.18 Å². The largest absolute Gasteiger partial charge is 0.433 e. The number of halogens is 4. The van der Waals surface area contributed by atoms with Gasteiger partial charge in [0.15, 0.2) is 5.69 Å². The second-order valence-corrected chi connectivity index (χ2v) is 5.67. The van der Waals surface area contributed by atoms with Crippen LogP contribution in [0.4, 0.5) is 29.3 Å². The second kappa shape index (κ2) is 8.11. The third-order valence-corrected chi connectivity index (χ3v) is 3.25. The number of nitrogens with one attached hydrogen (secondary N) is 2. The minimum Gasteiger partial charge on any atom is -0.366 e. The molecule has 0 radical (unpaired) electrons. The van der Waals surface area contributed by atoms with E-state index < -0.39 is 11.9 Å². The number of aromatic nitrogens is 2. The molecule has 9 heteroatoms. The zero-order chi connectivity index (χ0) is 18.4. The van der Waals surface area contributed by atoms with Crippen molar-refractivity contribution in [2.75, 3.05) is 37.8 Å². The normalized spacial score (nSPS) is 11.6. The molecule has 136 valence electrons. The molecule has 0 atom stereocenters. The number of likely N-dealkylation sites (N-methyl/N-ethyl adjacent to an activating group) is 1. The maximum atomic E-state index is 13.0. The van der Waals surface area contributed by atoms with Gasteiger partial charge < -0.3 is 15.5 Å². The summed E-state index contributed by atoms with van der Waals surface area (Å²) in [7, 11) is 3.70. The number of anilines is 2. The molecule has 0 aliphatic carbocycles. The predicted molar refractivity (Wildman–Crippen MR) is 87.8 cm³/mol. The lowest BCUT2D eigenvalue weighted by atomic mass is 10.2. The van der Waals surface area contributed by atoms with Crippen LogP contribution in [0.15, 0.2) is 30.3 Å². The Bertz CT molecular complexity index is 686. The van der Waals surface area contributed by atoms with Crippen LogP contribution in [-0.2, 0) is 12.7 Å². The summed E-state index contributed by atoms with van der Waals surface area (Å²) in [4.78, 5) is 9.45. The average molecular weight is 357 g/mol. The fourth-order valence-electron chi connectivity index (χ4n) is 1.95.